The fraction of sp³-hybridized carbons (Fsp3) is 0.875. The molecule has 0 heterocycles. The largest absolute Gasteiger partial charge is 0.481 e. The van der Waals surface area contributed by atoms with Gasteiger partial charge in [0, 0.05) is 6.54 Å². The van der Waals surface area contributed by atoms with Gasteiger partial charge in [-0.05, 0) is 13.0 Å². The highest BCUT2D eigenvalue weighted by molar-refractivity contribution is 7.51. The third-order valence-electron chi connectivity index (χ3n) is 1.85. The van der Waals surface area contributed by atoms with Crippen LogP contribution in [0.15, 0.2) is 0 Å². The Morgan fingerprint density at radius 3 is 2.33 bits per heavy atom. The second kappa shape index (κ2) is 6.95. The molecule has 3 N–H and O–H groups in total. The predicted molar refractivity (Wildman–Crippen MR) is 55.6 cm³/mol. The summed E-state index contributed by atoms with van der Waals surface area (Å²) < 4.78 is 10.8. The van der Waals surface area contributed by atoms with Crippen molar-refractivity contribution in [1.82, 2.24) is 4.90 Å². The fourth-order valence-electron chi connectivity index (χ4n) is 1.15. The van der Waals surface area contributed by atoms with Gasteiger partial charge in [0.1, 0.15) is 6.29 Å². The number of carboxylic acids is 1. The van der Waals surface area contributed by atoms with Crippen LogP contribution in [-0.4, -0.2) is 45.1 Å². The van der Waals surface area contributed by atoms with E-state index in [1.807, 2.05) is 6.92 Å². The van der Waals surface area contributed by atoms with Gasteiger partial charge < -0.3 is 14.9 Å². The third-order valence-corrected chi connectivity index (χ3v) is 2.62. The molecule has 0 rings (SSSR count). The summed E-state index contributed by atoms with van der Waals surface area (Å²) in [5.74, 6) is -0.956. The lowest BCUT2D eigenvalue weighted by molar-refractivity contribution is -0.137. The quantitative estimate of drug-likeness (QED) is 0.539. The van der Waals surface area contributed by atoms with Crippen LogP contribution in [0.3, 0.4) is 0 Å². The maximum atomic E-state index is 10.8. The van der Waals surface area contributed by atoms with E-state index in [0.29, 0.717) is 6.54 Å². The van der Waals surface area contributed by atoms with Crippen molar-refractivity contribution in [3.8, 4) is 0 Å². The van der Waals surface area contributed by atoms with Crippen LogP contribution in [0.2, 0.25) is 0 Å². The van der Waals surface area contributed by atoms with E-state index in [1.165, 1.54) is 4.90 Å². The number of rotatable bonds is 8. The zero-order valence-electron chi connectivity index (χ0n) is 8.80. The minimum absolute atomic E-state index is 0.0935. The van der Waals surface area contributed by atoms with E-state index in [-0.39, 0.29) is 19.3 Å². The first-order chi connectivity index (χ1) is 6.85. The molecule has 0 aromatic rings. The molecule has 15 heavy (non-hydrogen) atoms. The zero-order chi connectivity index (χ0) is 11.9. The van der Waals surface area contributed by atoms with Gasteiger partial charge in [-0.2, -0.15) is 0 Å². The van der Waals surface area contributed by atoms with Crippen molar-refractivity contribution in [3.63, 3.8) is 0 Å². The average molecular weight is 239 g/mol. The minimum atomic E-state index is -4.09. The number of carbonyl (C=O) groups is 1. The second-order valence-electron chi connectivity index (χ2n) is 3.42. The first-order valence-corrected chi connectivity index (χ1v) is 6.63. The molecule has 6 nitrogen and oxygen atoms in total. The van der Waals surface area contributed by atoms with Crippen LogP contribution in [0.1, 0.15) is 26.2 Å². The number of hydrogen-bond donors (Lipinski definition) is 3. The Morgan fingerprint density at radius 2 is 1.93 bits per heavy atom. The highest BCUT2D eigenvalue weighted by Gasteiger charge is 2.19. The van der Waals surface area contributed by atoms with Crippen LogP contribution < -0.4 is 0 Å². The highest BCUT2D eigenvalue weighted by atomic mass is 31.2. The maximum absolute atomic E-state index is 10.8. The SMILES string of the molecule is CCCCN(CCC(=O)O)CP(=O)(O)O. The van der Waals surface area contributed by atoms with Crippen LogP contribution in [0.25, 0.3) is 0 Å². The molecule has 0 unspecified atom stereocenters. The van der Waals surface area contributed by atoms with Gasteiger partial charge in [0.05, 0.1) is 6.42 Å². The molecule has 0 spiro atoms. The lowest BCUT2D eigenvalue weighted by atomic mass is 10.3. The van der Waals surface area contributed by atoms with E-state index in [1.54, 1.807) is 0 Å². The van der Waals surface area contributed by atoms with Crippen LogP contribution in [-0.2, 0) is 9.36 Å². The molecule has 7 heteroatoms. The van der Waals surface area contributed by atoms with Crippen molar-refractivity contribution in [2.75, 3.05) is 19.4 Å². The van der Waals surface area contributed by atoms with E-state index >= 15 is 0 Å². The molecule has 0 saturated heterocycles. The van der Waals surface area contributed by atoms with E-state index in [4.69, 9.17) is 14.9 Å². The van der Waals surface area contributed by atoms with Crippen LogP contribution in [0, 0.1) is 0 Å². The summed E-state index contributed by atoms with van der Waals surface area (Å²) in [7, 11) is -4.09. The molecule has 0 aliphatic rings. The lowest BCUT2D eigenvalue weighted by Crippen LogP contribution is -2.28. The summed E-state index contributed by atoms with van der Waals surface area (Å²) in [6.07, 6.45) is 1.26. The standard InChI is InChI=1S/C8H18NO5P/c1-2-3-5-9(6-4-8(10)11)7-15(12,13)14/h2-7H2,1H3,(H,10,11)(H2,12,13,14). The second-order valence-corrected chi connectivity index (χ2v) is 5.03. The summed E-state index contributed by atoms with van der Waals surface area (Å²) in [5, 5.41) is 8.47. The van der Waals surface area contributed by atoms with Crippen LogP contribution in [0.5, 0.6) is 0 Å². The van der Waals surface area contributed by atoms with Crippen molar-refractivity contribution in [1.29, 1.82) is 0 Å². The average Bonchev–Trinajstić information content (AvgIpc) is 2.07. The predicted octanol–water partition coefficient (Wildman–Crippen LogP) is 0.698. The number of carboxylic acid groups (broad SMARTS) is 1. The molecule has 0 amide bonds. The molecule has 0 fully saturated rings. The van der Waals surface area contributed by atoms with E-state index in [9.17, 15) is 9.36 Å². The molecule has 0 aromatic carbocycles. The molecule has 0 aliphatic carbocycles. The van der Waals surface area contributed by atoms with Crippen molar-refractivity contribution in [2.24, 2.45) is 0 Å². The van der Waals surface area contributed by atoms with Crippen LogP contribution >= 0.6 is 7.60 Å². The van der Waals surface area contributed by atoms with Crippen LogP contribution in [0.4, 0.5) is 0 Å². The Morgan fingerprint density at radius 1 is 1.33 bits per heavy atom. The molecule has 90 valence electrons. The summed E-state index contributed by atoms with van der Waals surface area (Å²) in [6.45, 7) is 2.67. The smallest absolute Gasteiger partial charge is 0.339 e. The first kappa shape index (κ1) is 14.6. The molecule has 0 aliphatic heterocycles. The number of aliphatic carboxylic acids is 1. The Bertz CT molecular complexity index is 239. The normalized spacial score (nSPS) is 12.0. The third kappa shape index (κ3) is 9.87. The molecule has 0 saturated carbocycles. The van der Waals surface area contributed by atoms with E-state index in [2.05, 4.69) is 0 Å². The molecule has 0 aromatic heterocycles. The van der Waals surface area contributed by atoms with Gasteiger partial charge >= 0.3 is 13.6 Å². The Kier molecular flexibility index (Phi) is 6.76. The van der Waals surface area contributed by atoms with Crippen molar-refractivity contribution < 1.29 is 24.3 Å². The van der Waals surface area contributed by atoms with Gasteiger partial charge in [0.15, 0.2) is 0 Å². The van der Waals surface area contributed by atoms with E-state index in [0.717, 1.165) is 12.8 Å². The zero-order valence-corrected chi connectivity index (χ0v) is 9.69. The van der Waals surface area contributed by atoms with Crippen molar-refractivity contribution in [3.05, 3.63) is 0 Å². The van der Waals surface area contributed by atoms with Crippen molar-refractivity contribution in [2.45, 2.75) is 26.2 Å². The Labute approximate surface area is 89.1 Å². The molecular weight excluding hydrogens is 221 g/mol. The summed E-state index contributed by atoms with van der Waals surface area (Å²) >= 11 is 0. The molecule has 0 radical (unpaired) electrons. The molecule has 0 atom stereocenters. The lowest BCUT2D eigenvalue weighted by Gasteiger charge is -2.21. The Hall–Kier alpha value is -0.420. The van der Waals surface area contributed by atoms with Crippen molar-refractivity contribution >= 4 is 13.6 Å². The minimum Gasteiger partial charge on any atom is -0.481 e. The first-order valence-electron chi connectivity index (χ1n) is 4.84. The van der Waals surface area contributed by atoms with Gasteiger partial charge in [-0.25, -0.2) is 0 Å². The van der Waals surface area contributed by atoms with Gasteiger partial charge in [0.25, 0.3) is 0 Å². The summed E-state index contributed by atoms with van der Waals surface area (Å²) in [6, 6.07) is 0. The topological polar surface area (TPSA) is 98.1 Å². The number of hydrogen-bond acceptors (Lipinski definition) is 3. The molecular formula is C8H18NO5P. The van der Waals surface area contributed by atoms with Gasteiger partial charge in [-0.3, -0.25) is 14.3 Å². The monoisotopic (exact) mass is 239 g/mol. The van der Waals surface area contributed by atoms with Gasteiger partial charge in [-0.15, -0.1) is 0 Å². The van der Waals surface area contributed by atoms with E-state index < -0.39 is 13.6 Å². The van der Waals surface area contributed by atoms with Gasteiger partial charge in [0.2, 0.25) is 0 Å². The van der Waals surface area contributed by atoms with Gasteiger partial charge in [-0.1, -0.05) is 13.3 Å². The summed E-state index contributed by atoms with van der Waals surface area (Å²) in [4.78, 5) is 29.4. The fourth-order valence-corrected chi connectivity index (χ4v) is 1.95. The Balaban J connectivity index is 4.06. The number of unbranched alkanes of at least 4 members (excludes halogenated alkanes) is 1. The summed E-state index contributed by atoms with van der Waals surface area (Å²) in [5.41, 5.74) is 0. The highest BCUT2D eigenvalue weighted by Crippen LogP contribution is 2.35. The molecule has 0 bridgehead atoms. The number of nitrogens with zero attached hydrogens (tertiary/aromatic N) is 1. The maximum Gasteiger partial charge on any atom is 0.339 e.